The van der Waals surface area contributed by atoms with E-state index >= 15 is 0 Å². The van der Waals surface area contributed by atoms with E-state index in [0.29, 0.717) is 6.54 Å². The highest BCUT2D eigenvalue weighted by atomic mass is 16.1. The first kappa shape index (κ1) is 11.7. The van der Waals surface area contributed by atoms with E-state index in [0.717, 1.165) is 12.1 Å². The number of benzene rings is 1. The van der Waals surface area contributed by atoms with Crippen LogP contribution in [0.5, 0.6) is 0 Å². The van der Waals surface area contributed by atoms with Crippen LogP contribution in [-0.2, 0) is 11.2 Å². The van der Waals surface area contributed by atoms with Crippen LogP contribution in [0.2, 0.25) is 0 Å². The minimum Gasteiger partial charge on any atom is -0.325 e. The number of rotatable bonds is 4. The summed E-state index contributed by atoms with van der Waals surface area (Å²) in [6.45, 7) is 4.54. The number of carbonyl (C=O) groups is 1. The van der Waals surface area contributed by atoms with E-state index in [1.54, 1.807) is 7.05 Å². The summed E-state index contributed by atoms with van der Waals surface area (Å²) in [6.07, 6.45) is 0.988. The molecule has 1 amide bonds. The Labute approximate surface area is 90.9 Å². The van der Waals surface area contributed by atoms with Crippen molar-refractivity contribution in [1.29, 1.82) is 0 Å². The number of aryl methyl sites for hydroxylation is 2. The number of nitrogens with one attached hydrogen (secondary N) is 2. The highest BCUT2D eigenvalue weighted by Crippen LogP contribution is 2.15. The van der Waals surface area contributed by atoms with Gasteiger partial charge >= 0.3 is 0 Å². The molecule has 15 heavy (non-hydrogen) atoms. The van der Waals surface area contributed by atoms with Crippen LogP contribution in [0.3, 0.4) is 0 Å². The molecule has 0 aliphatic carbocycles. The maximum atomic E-state index is 11.3. The van der Waals surface area contributed by atoms with Crippen molar-refractivity contribution in [3.8, 4) is 0 Å². The Kier molecular flexibility index (Phi) is 4.31. The van der Waals surface area contributed by atoms with Crippen molar-refractivity contribution in [2.75, 3.05) is 18.9 Å². The molecular weight excluding hydrogens is 188 g/mol. The van der Waals surface area contributed by atoms with E-state index in [-0.39, 0.29) is 5.91 Å². The molecule has 82 valence electrons. The van der Waals surface area contributed by atoms with Crippen LogP contribution in [0.25, 0.3) is 0 Å². The second-order valence-corrected chi connectivity index (χ2v) is 3.57. The summed E-state index contributed by atoms with van der Waals surface area (Å²) in [5.41, 5.74) is 3.42. The zero-order chi connectivity index (χ0) is 11.3. The van der Waals surface area contributed by atoms with E-state index in [4.69, 9.17) is 0 Å². The molecule has 0 aromatic heterocycles. The zero-order valence-corrected chi connectivity index (χ0v) is 9.55. The molecule has 0 heterocycles. The summed E-state index contributed by atoms with van der Waals surface area (Å²) >= 11 is 0. The fourth-order valence-corrected chi connectivity index (χ4v) is 1.50. The molecule has 3 heteroatoms. The number of likely N-dealkylation sites (N-methyl/N-ethyl adjacent to an activating group) is 1. The van der Waals surface area contributed by atoms with Gasteiger partial charge in [-0.1, -0.05) is 13.0 Å². The van der Waals surface area contributed by atoms with Crippen molar-refractivity contribution in [2.24, 2.45) is 0 Å². The molecule has 1 rings (SSSR count). The number of carbonyl (C=O) groups excluding carboxylic acids is 1. The molecule has 0 bridgehead atoms. The maximum Gasteiger partial charge on any atom is 0.238 e. The molecule has 0 saturated heterocycles. The van der Waals surface area contributed by atoms with Crippen LogP contribution in [0.1, 0.15) is 18.1 Å². The second-order valence-electron chi connectivity index (χ2n) is 3.57. The Morgan fingerprint density at radius 3 is 2.73 bits per heavy atom. The SMILES string of the molecule is CCc1cc(NC(=O)CNC)ccc1C. The number of hydrogen-bond acceptors (Lipinski definition) is 2. The van der Waals surface area contributed by atoms with Gasteiger partial charge in [0.15, 0.2) is 0 Å². The van der Waals surface area contributed by atoms with Crippen LogP contribution in [0.4, 0.5) is 5.69 Å². The molecule has 2 N–H and O–H groups in total. The van der Waals surface area contributed by atoms with Crippen LogP contribution >= 0.6 is 0 Å². The minimum absolute atomic E-state index is 0.0107. The lowest BCUT2D eigenvalue weighted by Gasteiger charge is -2.08. The summed E-state index contributed by atoms with van der Waals surface area (Å²) in [6, 6.07) is 6.00. The molecule has 0 spiro atoms. The third-order valence-corrected chi connectivity index (χ3v) is 2.35. The predicted molar refractivity (Wildman–Crippen MR) is 63.1 cm³/mol. The predicted octanol–water partition coefficient (Wildman–Crippen LogP) is 1.72. The molecule has 0 aliphatic rings. The van der Waals surface area contributed by atoms with Gasteiger partial charge in [-0.2, -0.15) is 0 Å². The van der Waals surface area contributed by atoms with Crippen LogP contribution < -0.4 is 10.6 Å². The van der Waals surface area contributed by atoms with Gasteiger partial charge in [0, 0.05) is 5.69 Å². The maximum absolute atomic E-state index is 11.3. The lowest BCUT2D eigenvalue weighted by atomic mass is 10.1. The van der Waals surface area contributed by atoms with Crippen molar-refractivity contribution in [1.82, 2.24) is 5.32 Å². The van der Waals surface area contributed by atoms with E-state index in [1.807, 2.05) is 18.2 Å². The van der Waals surface area contributed by atoms with Gasteiger partial charge in [0.05, 0.1) is 6.54 Å². The van der Waals surface area contributed by atoms with Crippen molar-refractivity contribution in [3.63, 3.8) is 0 Å². The minimum atomic E-state index is -0.0107. The Bertz CT molecular complexity index is 347. The van der Waals surface area contributed by atoms with Crippen molar-refractivity contribution in [3.05, 3.63) is 29.3 Å². The highest BCUT2D eigenvalue weighted by Gasteiger charge is 2.02. The quantitative estimate of drug-likeness (QED) is 0.787. The highest BCUT2D eigenvalue weighted by molar-refractivity contribution is 5.92. The molecule has 0 radical (unpaired) electrons. The molecule has 0 saturated carbocycles. The Hall–Kier alpha value is -1.35. The van der Waals surface area contributed by atoms with E-state index in [9.17, 15) is 4.79 Å². The average molecular weight is 206 g/mol. The Morgan fingerprint density at radius 2 is 2.13 bits per heavy atom. The van der Waals surface area contributed by atoms with E-state index in [1.165, 1.54) is 11.1 Å². The smallest absolute Gasteiger partial charge is 0.238 e. The van der Waals surface area contributed by atoms with E-state index < -0.39 is 0 Å². The largest absolute Gasteiger partial charge is 0.325 e. The number of amides is 1. The average Bonchev–Trinajstić information content (AvgIpc) is 2.21. The van der Waals surface area contributed by atoms with Gasteiger partial charge in [0.1, 0.15) is 0 Å². The van der Waals surface area contributed by atoms with Gasteiger partial charge in [-0.3, -0.25) is 4.79 Å². The third kappa shape index (κ3) is 3.36. The van der Waals surface area contributed by atoms with Gasteiger partial charge in [-0.15, -0.1) is 0 Å². The normalized spacial score (nSPS) is 10.1. The summed E-state index contributed by atoms with van der Waals surface area (Å²) in [4.78, 5) is 11.3. The van der Waals surface area contributed by atoms with Gasteiger partial charge in [-0.05, 0) is 43.7 Å². The van der Waals surface area contributed by atoms with Gasteiger partial charge in [0.25, 0.3) is 0 Å². The van der Waals surface area contributed by atoms with Crippen LogP contribution in [0, 0.1) is 6.92 Å². The summed E-state index contributed by atoms with van der Waals surface area (Å²) in [5.74, 6) is -0.0107. The number of hydrogen-bond donors (Lipinski definition) is 2. The third-order valence-electron chi connectivity index (χ3n) is 2.35. The Morgan fingerprint density at radius 1 is 1.40 bits per heavy atom. The van der Waals surface area contributed by atoms with E-state index in [2.05, 4.69) is 24.5 Å². The lowest BCUT2D eigenvalue weighted by molar-refractivity contribution is -0.115. The first-order valence-electron chi connectivity index (χ1n) is 5.21. The first-order chi connectivity index (χ1) is 7.17. The van der Waals surface area contributed by atoms with Crippen LogP contribution in [-0.4, -0.2) is 19.5 Å². The molecule has 1 aromatic rings. The van der Waals surface area contributed by atoms with Crippen molar-refractivity contribution in [2.45, 2.75) is 20.3 Å². The molecule has 1 aromatic carbocycles. The number of anilines is 1. The first-order valence-corrected chi connectivity index (χ1v) is 5.21. The molecule has 0 aliphatic heterocycles. The Balaban J connectivity index is 2.74. The van der Waals surface area contributed by atoms with Crippen molar-refractivity contribution >= 4 is 11.6 Å². The monoisotopic (exact) mass is 206 g/mol. The summed E-state index contributed by atoms with van der Waals surface area (Å²) in [7, 11) is 1.76. The van der Waals surface area contributed by atoms with Gasteiger partial charge in [-0.25, -0.2) is 0 Å². The van der Waals surface area contributed by atoms with Gasteiger partial charge in [0.2, 0.25) is 5.91 Å². The summed E-state index contributed by atoms with van der Waals surface area (Å²) in [5, 5.41) is 5.66. The molecule has 3 nitrogen and oxygen atoms in total. The van der Waals surface area contributed by atoms with Crippen molar-refractivity contribution < 1.29 is 4.79 Å². The lowest BCUT2D eigenvalue weighted by Crippen LogP contribution is -2.25. The summed E-state index contributed by atoms with van der Waals surface area (Å²) < 4.78 is 0. The zero-order valence-electron chi connectivity index (χ0n) is 9.55. The molecule has 0 unspecified atom stereocenters. The fraction of sp³-hybridized carbons (Fsp3) is 0.417. The second kappa shape index (κ2) is 5.51. The molecule has 0 fully saturated rings. The molecule has 0 atom stereocenters. The van der Waals surface area contributed by atoms with Gasteiger partial charge < -0.3 is 10.6 Å². The fourth-order valence-electron chi connectivity index (χ4n) is 1.50. The topological polar surface area (TPSA) is 41.1 Å². The molecular formula is C12H18N2O. The standard InChI is InChI=1S/C12H18N2O/c1-4-10-7-11(6-5-9(10)2)14-12(15)8-13-3/h5-7,13H,4,8H2,1-3H3,(H,14,15). The van der Waals surface area contributed by atoms with Crippen LogP contribution in [0.15, 0.2) is 18.2 Å².